The molecule has 0 saturated carbocycles. The van der Waals surface area contributed by atoms with Crippen LogP contribution in [0, 0.1) is 11.8 Å². The van der Waals surface area contributed by atoms with Crippen molar-refractivity contribution in [2.75, 3.05) is 19.7 Å². The molecule has 0 fully saturated rings. The van der Waals surface area contributed by atoms with E-state index in [1.54, 1.807) is 0 Å². The van der Waals surface area contributed by atoms with Gasteiger partial charge in [0.2, 0.25) is 5.91 Å². The van der Waals surface area contributed by atoms with Crippen LogP contribution in [-0.4, -0.2) is 25.6 Å². The molecule has 0 aliphatic heterocycles. The number of benzene rings is 1. The fourth-order valence-electron chi connectivity index (χ4n) is 2.31. The van der Waals surface area contributed by atoms with Gasteiger partial charge in [-0.05, 0) is 43.4 Å². The van der Waals surface area contributed by atoms with Crippen molar-refractivity contribution in [3.8, 4) is 5.75 Å². The van der Waals surface area contributed by atoms with Crippen LogP contribution in [0.25, 0.3) is 0 Å². The molecule has 118 valence electrons. The molecule has 1 rings (SSSR count). The van der Waals surface area contributed by atoms with Crippen LogP contribution in [0.15, 0.2) is 30.3 Å². The van der Waals surface area contributed by atoms with Gasteiger partial charge in [0.15, 0.2) is 0 Å². The van der Waals surface area contributed by atoms with E-state index in [0.717, 1.165) is 18.6 Å². The van der Waals surface area contributed by atoms with Crippen LogP contribution in [0.5, 0.6) is 5.75 Å². The first-order valence-corrected chi connectivity index (χ1v) is 7.78. The third kappa shape index (κ3) is 7.71. The van der Waals surface area contributed by atoms with E-state index in [-0.39, 0.29) is 5.91 Å². The molecule has 0 aliphatic carbocycles. The number of ether oxygens (including phenoxy) is 1. The van der Waals surface area contributed by atoms with Gasteiger partial charge < -0.3 is 15.8 Å². The van der Waals surface area contributed by atoms with Crippen molar-refractivity contribution in [2.24, 2.45) is 17.6 Å². The van der Waals surface area contributed by atoms with Gasteiger partial charge in [-0.2, -0.15) is 0 Å². The first kappa shape index (κ1) is 17.5. The van der Waals surface area contributed by atoms with Gasteiger partial charge in [0.1, 0.15) is 12.4 Å². The quantitative estimate of drug-likeness (QED) is 0.651. The third-order valence-corrected chi connectivity index (χ3v) is 3.66. The SMILES string of the molecule is CC(C)C(CCN)CCC(=O)NCCOc1ccccc1. The van der Waals surface area contributed by atoms with Gasteiger partial charge in [-0.3, -0.25) is 4.79 Å². The van der Waals surface area contributed by atoms with Gasteiger partial charge in [0, 0.05) is 6.42 Å². The number of carbonyl (C=O) groups excluding carboxylic acids is 1. The summed E-state index contributed by atoms with van der Waals surface area (Å²) in [7, 11) is 0. The second-order valence-corrected chi connectivity index (χ2v) is 5.63. The van der Waals surface area contributed by atoms with Crippen LogP contribution in [0.4, 0.5) is 0 Å². The molecule has 3 N–H and O–H groups in total. The molecule has 0 radical (unpaired) electrons. The lowest BCUT2D eigenvalue weighted by Gasteiger charge is -2.19. The summed E-state index contributed by atoms with van der Waals surface area (Å²) in [6, 6.07) is 9.61. The maximum absolute atomic E-state index is 11.8. The van der Waals surface area contributed by atoms with Gasteiger partial charge in [-0.25, -0.2) is 0 Å². The Kier molecular flexibility index (Phi) is 8.51. The fraction of sp³-hybridized carbons (Fsp3) is 0.588. The molecule has 0 spiro atoms. The normalized spacial score (nSPS) is 12.2. The van der Waals surface area contributed by atoms with Crippen LogP contribution in [-0.2, 0) is 4.79 Å². The Hall–Kier alpha value is -1.55. The molecule has 0 saturated heterocycles. The number of hydrogen-bond donors (Lipinski definition) is 2. The molecule has 1 atom stereocenters. The average Bonchev–Trinajstić information content (AvgIpc) is 2.48. The van der Waals surface area contributed by atoms with Crippen LogP contribution in [0.2, 0.25) is 0 Å². The largest absolute Gasteiger partial charge is 0.492 e. The Morgan fingerprint density at radius 3 is 2.57 bits per heavy atom. The number of rotatable bonds is 10. The zero-order chi connectivity index (χ0) is 15.5. The highest BCUT2D eigenvalue weighted by atomic mass is 16.5. The summed E-state index contributed by atoms with van der Waals surface area (Å²) in [6.45, 7) is 6.09. The second-order valence-electron chi connectivity index (χ2n) is 5.63. The Labute approximate surface area is 128 Å². The highest BCUT2D eigenvalue weighted by Gasteiger charge is 2.14. The lowest BCUT2D eigenvalue weighted by Crippen LogP contribution is -2.28. The van der Waals surface area contributed by atoms with E-state index < -0.39 is 0 Å². The molecule has 21 heavy (non-hydrogen) atoms. The highest BCUT2D eigenvalue weighted by Crippen LogP contribution is 2.20. The molecule has 4 heteroatoms. The summed E-state index contributed by atoms with van der Waals surface area (Å²) in [4.78, 5) is 11.8. The molecule has 0 heterocycles. The Morgan fingerprint density at radius 2 is 1.95 bits per heavy atom. The van der Waals surface area contributed by atoms with Gasteiger partial charge in [0.25, 0.3) is 0 Å². The van der Waals surface area contributed by atoms with E-state index in [4.69, 9.17) is 10.5 Å². The van der Waals surface area contributed by atoms with Crippen molar-refractivity contribution < 1.29 is 9.53 Å². The Balaban J connectivity index is 2.13. The zero-order valence-corrected chi connectivity index (χ0v) is 13.2. The lowest BCUT2D eigenvalue weighted by molar-refractivity contribution is -0.121. The molecule has 0 bridgehead atoms. The van der Waals surface area contributed by atoms with Crippen molar-refractivity contribution >= 4 is 5.91 Å². The van der Waals surface area contributed by atoms with Crippen LogP contribution in [0.1, 0.15) is 33.1 Å². The van der Waals surface area contributed by atoms with E-state index >= 15 is 0 Å². The molecule has 1 aromatic rings. The predicted octanol–water partition coefficient (Wildman–Crippen LogP) is 2.58. The molecule has 0 aliphatic rings. The maximum atomic E-state index is 11.8. The lowest BCUT2D eigenvalue weighted by atomic mass is 9.88. The van der Waals surface area contributed by atoms with Crippen molar-refractivity contribution in [1.29, 1.82) is 0 Å². The molecular formula is C17H28N2O2. The van der Waals surface area contributed by atoms with E-state index in [2.05, 4.69) is 19.2 Å². The van der Waals surface area contributed by atoms with Crippen LogP contribution in [0.3, 0.4) is 0 Å². The summed E-state index contributed by atoms with van der Waals surface area (Å²) >= 11 is 0. The summed E-state index contributed by atoms with van der Waals surface area (Å²) in [6.07, 6.45) is 2.45. The molecule has 1 unspecified atom stereocenters. The fourth-order valence-corrected chi connectivity index (χ4v) is 2.31. The first-order chi connectivity index (χ1) is 10.1. The first-order valence-electron chi connectivity index (χ1n) is 7.78. The topological polar surface area (TPSA) is 64.4 Å². The maximum Gasteiger partial charge on any atom is 0.220 e. The minimum atomic E-state index is 0.0920. The minimum Gasteiger partial charge on any atom is -0.492 e. The average molecular weight is 292 g/mol. The number of nitrogens with two attached hydrogens (primary N) is 1. The number of hydrogen-bond acceptors (Lipinski definition) is 3. The Morgan fingerprint density at radius 1 is 1.24 bits per heavy atom. The zero-order valence-electron chi connectivity index (χ0n) is 13.2. The summed E-state index contributed by atoms with van der Waals surface area (Å²) in [5.74, 6) is 2.02. The molecule has 1 amide bonds. The van der Waals surface area contributed by atoms with Crippen LogP contribution < -0.4 is 15.8 Å². The van der Waals surface area contributed by atoms with Crippen LogP contribution >= 0.6 is 0 Å². The van der Waals surface area contributed by atoms with E-state index in [9.17, 15) is 4.79 Å². The summed E-state index contributed by atoms with van der Waals surface area (Å²) < 4.78 is 5.53. The van der Waals surface area contributed by atoms with Gasteiger partial charge in [-0.15, -0.1) is 0 Å². The standard InChI is InChI=1S/C17H28N2O2/c1-14(2)15(10-11-18)8-9-17(20)19-12-13-21-16-6-4-3-5-7-16/h3-7,14-15H,8-13,18H2,1-2H3,(H,19,20). The monoisotopic (exact) mass is 292 g/mol. The molecule has 4 nitrogen and oxygen atoms in total. The predicted molar refractivity (Wildman–Crippen MR) is 86.2 cm³/mol. The Bertz CT molecular complexity index is 393. The van der Waals surface area contributed by atoms with E-state index in [1.807, 2.05) is 30.3 Å². The number of para-hydroxylation sites is 1. The summed E-state index contributed by atoms with van der Waals surface area (Å²) in [5, 5.41) is 2.89. The van der Waals surface area contributed by atoms with Gasteiger partial charge in [-0.1, -0.05) is 32.0 Å². The van der Waals surface area contributed by atoms with Crippen molar-refractivity contribution in [3.63, 3.8) is 0 Å². The molecular weight excluding hydrogens is 264 g/mol. The smallest absolute Gasteiger partial charge is 0.220 e. The van der Waals surface area contributed by atoms with Gasteiger partial charge >= 0.3 is 0 Å². The van der Waals surface area contributed by atoms with Crippen molar-refractivity contribution in [1.82, 2.24) is 5.32 Å². The summed E-state index contributed by atoms with van der Waals surface area (Å²) in [5.41, 5.74) is 5.61. The highest BCUT2D eigenvalue weighted by molar-refractivity contribution is 5.75. The number of amides is 1. The van der Waals surface area contributed by atoms with Crippen molar-refractivity contribution in [3.05, 3.63) is 30.3 Å². The number of carbonyl (C=O) groups is 1. The van der Waals surface area contributed by atoms with Gasteiger partial charge in [0.05, 0.1) is 6.54 Å². The second kappa shape index (κ2) is 10.2. The molecule has 0 aromatic heterocycles. The van der Waals surface area contributed by atoms with E-state index in [1.165, 1.54) is 0 Å². The van der Waals surface area contributed by atoms with Crippen molar-refractivity contribution in [2.45, 2.75) is 33.1 Å². The van der Waals surface area contributed by atoms with E-state index in [0.29, 0.717) is 38.0 Å². The third-order valence-electron chi connectivity index (χ3n) is 3.66. The molecule has 1 aromatic carbocycles. The minimum absolute atomic E-state index is 0.0920. The number of nitrogens with one attached hydrogen (secondary N) is 1.